The highest BCUT2D eigenvalue weighted by Crippen LogP contribution is 2.23. The number of pyridine rings is 1. The number of unbranched alkanes of at least 4 members (excludes halogenated alkanes) is 1. The number of amides is 3. The van der Waals surface area contributed by atoms with Gasteiger partial charge in [-0.2, -0.15) is 0 Å². The second-order valence-corrected chi connectivity index (χ2v) is 12.4. The Morgan fingerprint density at radius 2 is 1.69 bits per heavy atom. The summed E-state index contributed by atoms with van der Waals surface area (Å²) in [5.41, 5.74) is 12.5. The van der Waals surface area contributed by atoms with Gasteiger partial charge in [-0.1, -0.05) is 29.5 Å². The lowest BCUT2D eigenvalue weighted by Gasteiger charge is -2.19. The van der Waals surface area contributed by atoms with E-state index in [9.17, 15) is 27.6 Å². The number of halogens is 3. The van der Waals surface area contributed by atoms with E-state index in [1.165, 1.54) is 29.5 Å². The zero-order valence-electron chi connectivity index (χ0n) is 26.5. The van der Waals surface area contributed by atoms with E-state index in [0.29, 0.717) is 34.9 Å². The molecular formula is C31H37F3N8O5S. The summed E-state index contributed by atoms with van der Waals surface area (Å²) in [5, 5.41) is 16.9. The molecule has 0 aliphatic carbocycles. The van der Waals surface area contributed by atoms with Crippen LogP contribution in [-0.2, 0) is 33.6 Å². The second kappa shape index (κ2) is 17.1. The van der Waals surface area contributed by atoms with Gasteiger partial charge in [-0.05, 0) is 82.0 Å². The molecule has 0 atom stereocenters. The summed E-state index contributed by atoms with van der Waals surface area (Å²) in [4.78, 5) is 41.0. The monoisotopic (exact) mass is 690 g/mol. The number of hydrogen-bond donors (Lipinski definition) is 5. The van der Waals surface area contributed by atoms with Crippen molar-refractivity contribution in [2.45, 2.75) is 71.3 Å². The van der Waals surface area contributed by atoms with Gasteiger partial charge in [0.15, 0.2) is 0 Å². The van der Waals surface area contributed by atoms with E-state index in [2.05, 4.69) is 35.9 Å². The van der Waals surface area contributed by atoms with Crippen LogP contribution in [0.5, 0.6) is 5.75 Å². The molecule has 0 fully saturated rings. The highest BCUT2D eigenvalue weighted by atomic mass is 32.1. The number of carbonyl (C=O) groups is 3. The summed E-state index contributed by atoms with van der Waals surface area (Å²) in [7, 11) is 0. The van der Waals surface area contributed by atoms with Crippen LogP contribution in [0.3, 0.4) is 0 Å². The van der Waals surface area contributed by atoms with Crippen molar-refractivity contribution in [3.63, 3.8) is 0 Å². The molecule has 0 spiro atoms. The number of rotatable bonds is 14. The fourth-order valence-corrected chi connectivity index (χ4v) is 4.76. The Bertz CT molecular complexity index is 1640. The van der Waals surface area contributed by atoms with Crippen LogP contribution in [0.2, 0.25) is 0 Å². The predicted octanol–water partition coefficient (Wildman–Crippen LogP) is 5.07. The number of nitrogens with two attached hydrogens (primary N) is 2. The minimum Gasteiger partial charge on any atom is -0.444 e. The Kier molecular flexibility index (Phi) is 13.3. The molecule has 0 saturated heterocycles. The zero-order valence-corrected chi connectivity index (χ0v) is 27.3. The molecule has 17 heteroatoms. The molecule has 48 heavy (non-hydrogen) atoms. The summed E-state index contributed by atoms with van der Waals surface area (Å²) in [6.45, 7) is 5.24. The first kappa shape index (κ1) is 37.3. The van der Waals surface area contributed by atoms with Crippen molar-refractivity contribution in [3.8, 4) is 5.75 Å². The Morgan fingerprint density at radius 1 is 0.938 bits per heavy atom. The number of allylic oxidation sites excluding steroid dienone is 3. The van der Waals surface area contributed by atoms with Crippen LogP contribution in [-0.4, -0.2) is 45.1 Å². The molecule has 2 heterocycles. The number of hydrogen-bond acceptors (Lipinski definition) is 11. The van der Waals surface area contributed by atoms with E-state index in [1.807, 2.05) is 0 Å². The van der Waals surface area contributed by atoms with E-state index < -0.39 is 29.7 Å². The van der Waals surface area contributed by atoms with Gasteiger partial charge in [0, 0.05) is 12.1 Å². The van der Waals surface area contributed by atoms with Crippen molar-refractivity contribution in [3.05, 3.63) is 82.4 Å². The van der Waals surface area contributed by atoms with Gasteiger partial charge in [0.2, 0.25) is 16.9 Å². The lowest BCUT2D eigenvalue weighted by molar-refractivity contribution is -0.274. The van der Waals surface area contributed by atoms with Crippen LogP contribution >= 0.6 is 11.3 Å². The average molecular weight is 691 g/mol. The van der Waals surface area contributed by atoms with Crippen molar-refractivity contribution in [2.75, 3.05) is 10.6 Å². The van der Waals surface area contributed by atoms with E-state index in [-0.39, 0.29) is 30.4 Å². The van der Waals surface area contributed by atoms with Gasteiger partial charge < -0.3 is 31.6 Å². The predicted molar refractivity (Wildman–Crippen MR) is 173 cm³/mol. The summed E-state index contributed by atoms with van der Waals surface area (Å²) in [6.07, 6.45) is -0.118. The Morgan fingerprint density at radius 3 is 2.42 bits per heavy atom. The minimum atomic E-state index is -4.83. The number of carbonyl (C=O) groups excluding carboxylic acids is 3. The van der Waals surface area contributed by atoms with Crippen molar-refractivity contribution < 1.29 is 37.0 Å². The molecule has 0 saturated carbocycles. The first-order chi connectivity index (χ1) is 22.5. The lowest BCUT2D eigenvalue weighted by Crippen LogP contribution is -2.28. The van der Waals surface area contributed by atoms with Gasteiger partial charge in [0.1, 0.15) is 28.0 Å². The average Bonchev–Trinajstić information content (AvgIpc) is 3.39. The summed E-state index contributed by atoms with van der Waals surface area (Å²) in [6, 6.07) is 10.0. The van der Waals surface area contributed by atoms with E-state index >= 15 is 0 Å². The third-order valence-electron chi connectivity index (χ3n) is 5.85. The summed E-state index contributed by atoms with van der Waals surface area (Å²) >= 11 is 1.25. The third-order valence-corrected chi connectivity index (χ3v) is 6.75. The van der Waals surface area contributed by atoms with Crippen molar-refractivity contribution >= 4 is 40.2 Å². The molecule has 0 radical (unpaired) electrons. The molecule has 1 aromatic carbocycles. The number of benzene rings is 1. The Labute approximate surface area is 279 Å². The van der Waals surface area contributed by atoms with E-state index in [4.69, 9.17) is 16.2 Å². The fraction of sp³-hybridized carbons (Fsp3) is 0.355. The number of nitrogens with zero attached hydrogens (tertiary/aromatic N) is 3. The highest BCUT2D eigenvalue weighted by molar-refractivity contribution is 7.15. The number of aromatic nitrogens is 3. The molecule has 3 aromatic rings. The minimum absolute atomic E-state index is 0.0232. The molecule has 0 aliphatic rings. The largest absolute Gasteiger partial charge is 0.573 e. The van der Waals surface area contributed by atoms with Crippen LogP contribution in [0, 0.1) is 0 Å². The SMILES string of the molecule is CC(C)(C)OC(=O)Nc1cccc(CC(=O)Nc2nnc(CCCC/C(N)=C/C=C(\N)NC(=O)Cc3cccc(OC(F)(F)F)c3)s2)n1. The maximum atomic E-state index is 12.5. The van der Waals surface area contributed by atoms with Gasteiger partial charge in [0.05, 0.1) is 18.5 Å². The Hall–Kier alpha value is -5.19. The summed E-state index contributed by atoms with van der Waals surface area (Å²) in [5.74, 6) is -1.00. The highest BCUT2D eigenvalue weighted by Gasteiger charge is 2.31. The maximum absolute atomic E-state index is 12.5. The molecule has 13 nitrogen and oxygen atoms in total. The molecule has 2 aromatic heterocycles. The summed E-state index contributed by atoms with van der Waals surface area (Å²) < 4.78 is 46.3. The zero-order chi connectivity index (χ0) is 35.3. The van der Waals surface area contributed by atoms with Crippen molar-refractivity contribution in [1.29, 1.82) is 0 Å². The van der Waals surface area contributed by atoms with Gasteiger partial charge in [-0.3, -0.25) is 14.9 Å². The molecule has 7 N–H and O–H groups in total. The second-order valence-electron chi connectivity index (χ2n) is 11.4. The normalized spacial score (nSPS) is 12.3. The number of alkyl halides is 3. The Balaban J connectivity index is 1.37. The molecular weight excluding hydrogens is 653 g/mol. The number of nitrogens with one attached hydrogen (secondary N) is 3. The molecule has 3 rings (SSSR count). The number of ether oxygens (including phenoxy) is 2. The van der Waals surface area contributed by atoms with Crippen LogP contribution in [0.25, 0.3) is 0 Å². The molecule has 0 unspecified atom stereocenters. The topological polar surface area (TPSA) is 196 Å². The maximum Gasteiger partial charge on any atom is 0.573 e. The molecule has 0 bridgehead atoms. The molecule has 0 aliphatic heterocycles. The van der Waals surface area contributed by atoms with Crippen LogP contribution in [0.1, 0.15) is 56.3 Å². The van der Waals surface area contributed by atoms with E-state index in [1.54, 1.807) is 45.0 Å². The molecule has 3 amide bonds. The smallest absolute Gasteiger partial charge is 0.444 e. The first-order valence-corrected chi connectivity index (χ1v) is 15.5. The third kappa shape index (κ3) is 14.9. The van der Waals surface area contributed by atoms with E-state index in [0.717, 1.165) is 30.0 Å². The lowest BCUT2D eigenvalue weighted by atomic mass is 10.1. The number of aryl methyl sites for hydroxylation is 1. The van der Waals surface area contributed by atoms with Crippen LogP contribution in [0.15, 0.2) is 66.1 Å². The van der Waals surface area contributed by atoms with Gasteiger partial charge in [-0.15, -0.1) is 23.4 Å². The fourth-order valence-electron chi connectivity index (χ4n) is 3.96. The van der Waals surface area contributed by atoms with Gasteiger partial charge in [-0.25, -0.2) is 9.78 Å². The number of anilines is 2. The van der Waals surface area contributed by atoms with Crippen molar-refractivity contribution in [1.82, 2.24) is 20.5 Å². The first-order valence-electron chi connectivity index (χ1n) is 14.7. The van der Waals surface area contributed by atoms with Crippen LogP contribution in [0.4, 0.5) is 28.9 Å². The van der Waals surface area contributed by atoms with Gasteiger partial charge >= 0.3 is 12.5 Å². The molecule has 258 valence electrons. The van der Waals surface area contributed by atoms with Gasteiger partial charge in [0.25, 0.3) is 0 Å². The van der Waals surface area contributed by atoms with Crippen LogP contribution < -0.4 is 32.2 Å². The standard InChI is InChI=1S/C31H37F3N8O5S/c1-30(2,3)47-29(45)39-24-12-7-10-21(37-24)18-26(44)40-28-42-41-27(48-28)13-5-4-9-20(35)14-15-23(36)38-25(43)17-19-8-6-11-22(16-19)46-31(32,33)34/h6-8,10-12,14-16H,4-5,9,13,17-18,35-36H2,1-3H3,(H,38,43)(H,37,39,45)(H,40,42,44)/b20-14-,23-15+. The van der Waals surface area contributed by atoms with Crippen molar-refractivity contribution in [2.24, 2.45) is 11.5 Å². The quantitative estimate of drug-likeness (QED) is 0.112.